The molecule has 8 heteroatoms. The average Bonchev–Trinajstić information content (AvgIpc) is 3.40. The molecule has 4 rings (SSSR count). The Morgan fingerprint density at radius 2 is 2.08 bits per heavy atom. The number of aryl methyl sites for hydroxylation is 1. The first kappa shape index (κ1) is 16.6. The molecule has 0 aliphatic heterocycles. The highest BCUT2D eigenvalue weighted by Crippen LogP contribution is 2.26. The fourth-order valence-electron chi connectivity index (χ4n) is 2.33. The Labute approximate surface area is 157 Å². The number of hydrogen-bond donors (Lipinski definition) is 0. The second-order valence-electron chi connectivity index (χ2n) is 5.45. The molecule has 0 fully saturated rings. The maximum absolute atomic E-state index is 12.2. The van der Waals surface area contributed by atoms with Crippen LogP contribution >= 0.6 is 22.7 Å². The van der Waals surface area contributed by atoms with Crippen molar-refractivity contribution in [3.05, 3.63) is 63.6 Å². The molecular formula is C18H13N3O3S2. The molecule has 0 aliphatic rings. The number of esters is 1. The van der Waals surface area contributed by atoms with Crippen LogP contribution in [-0.2, 0) is 11.3 Å². The molecule has 4 aromatic rings. The number of hydrogen-bond acceptors (Lipinski definition) is 8. The van der Waals surface area contributed by atoms with Gasteiger partial charge in [0.1, 0.15) is 5.01 Å². The fourth-order valence-corrected chi connectivity index (χ4v) is 3.84. The molecule has 0 unspecified atom stereocenters. The number of aromatic nitrogens is 3. The summed E-state index contributed by atoms with van der Waals surface area (Å²) in [6.45, 7) is 1.88. The zero-order valence-electron chi connectivity index (χ0n) is 13.7. The summed E-state index contributed by atoms with van der Waals surface area (Å²) in [7, 11) is 0. The van der Waals surface area contributed by atoms with Gasteiger partial charge in [-0.3, -0.25) is 0 Å². The number of carbonyl (C=O) groups excluding carboxylic acids is 1. The van der Waals surface area contributed by atoms with E-state index in [1.54, 1.807) is 16.7 Å². The first-order valence-electron chi connectivity index (χ1n) is 7.74. The summed E-state index contributed by atoms with van der Waals surface area (Å²) in [4.78, 5) is 20.8. The van der Waals surface area contributed by atoms with Gasteiger partial charge in [0.2, 0.25) is 5.82 Å². The lowest BCUT2D eigenvalue weighted by molar-refractivity contribution is 0.0424. The largest absolute Gasteiger partial charge is 0.451 e. The van der Waals surface area contributed by atoms with Gasteiger partial charge in [-0.1, -0.05) is 29.4 Å². The third-order valence-electron chi connectivity index (χ3n) is 3.66. The molecule has 0 amide bonds. The number of ether oxygens (including phenoxy) is 1. The minimum Gasteiger partial charge on any atom is -0.451 e. The van der Waals surface area contributed by atoms with E-state index in [0.717, 1.165) is 21.7 Å². The molecule has 26 heavy (non-hydrogen) atoms. The highest BCUT2D eigenvalue weighted by Gasteiger charge is 2.16. The topological polar surface area (TPSA) is 78.1 Å². The highest BCUT2D eigenvalue weighted by molar-refractivity contribution is 7.14. The molecule has 130 valence electrons. The highest BCUT2D eigenvalue weighted by atomic mass is 32.1. The van der Waals surface area contributed by atoms with Crippen LogP contribution in [0, 0.1) is 6.92 Å². The zero-order valence-corrected chi connectivity index (χ0v) is 15.3. The van der Waals surface area contributed by atoms with Crippen LogP contribution in [0.1, 0.15) is 21.9 Å². The molecule has 0 aliphatic carbocycles. The minimum absolute atomic E-state index is 0.0942. The zero-order chi connectivity index (χ0) is 17.9. The van der Waals surface area contributed by atoms with Gasteiger partial charge in [-0.15, -0.1) is 11.3 Å². The Kier molecular flexibility index (Phi) is 4.59. The molecule has 3 heterocycles. The second kappa shape index (κ2) is 7.19. The van der Waals surface area contributed by atoms with E-state index in [1.807, 2.05) is 48.0 Å². The van der Waals surface area contributed by atoms with Crippen LogP contribution in [0.3, 0.4) is 0 Å². The molecule has 1 aromatic carbocycles. The standard InChI is InChI=1S/C18H13N3O3S2/c1-11-4-2-3-5-13(11)16-20-15(24-21-16)8-23-18(22)14-10-26-17(19-14)12-6-7-25-9-12/h2-7,9-10H,8H2,1H3. The van der Waals surface area contributed by atoms with Crippen LogP contribution in [0.25, 0.3) is 22.0 Å². The Balaban J connectivity index is 1.42. The summed E-state index contributed by atoms with van der Waals surface area (Å²) in [5.74, 6) is 0.200. The first-order valence-corrected chi connectivity index (χ1v) is 9.57. The van der Waals surface area contributed by atoms with Gasteiger partial charge in [0, 0.05) is 21.9 Å². The number of thiazole rings is 1. The number of carbonyl (C=O) groups is 1. The summed E-state index contributed by atoms with van der Waals surface area (Å²) in [5.41, 5.74) is 3.20. The molecule has 0 atom stereocenters. The van der Waals surface area contributed by atoms with E-state index in [4.69, 9.17) is 9.26 Å². The third-order valence-corrected chi connectivity index (χ3v) is 5.24. The molecule has 0 radical (unpaired) electrons. The van der Waals surface area contributed by atoms with Crippen LogP contribution in [0.5, 0.6) is 0 Å². The van der Waals surface area contributed by atoms with Crippen molar-refractivity contribution in [3.8, 4) is 22.0 Å². The van der Waals surface area contributed by atoms with Gasteiger partial charge in [0.15, 0.2) is 12.3 Å². The minimum atomic E-state index is -0.515. The maximum Gasteiger partial charge on any atom is 0.358 e. The monoisotopic (exact) mass is 383 g/mol. The SMILES string of the molecule is Cc1ccccc1-c1noc(COC(=O)c2csc(-c3ccsc3)n2)n1. The molecule has 3 aromatic heterocycles. The molecule has 0 saturated heterocycles. The summed E-state index contributed by atoms with van der Waals surface area (Å²) >= 11 is 2.99. The Hall–Kier alpha value is -2.84. The van der Waals surface area contributed by atoms with Gasteiger partial charge in [-0.2, -0.15) is 16.3 Å². The Morgan fingerprint density at radius 3 is 2.88 bits per heavy atom. The van der Waals surface area contributed by atoms with E-state index in [9.17, 15) is 4.79 Å². The van der Waals surface area contributed by atoms with E-state index in [-0.39, 0.29) is 18.2 Å². The molecule has 0 N–H and O–H groups in total. The average molecular weight is 383 g/mol. The van der Waals surface area contributed by atoms with Crippen molar-refractivity contribution in [1.29, 1.82) is 0 Å². The quantitative estimate of drug-likeness (QED) is 0.469. The van der Waals surface area contributed by atoms with Crippen molar-refractivity contribution in [1.82, 2.24) is 15.1 Å². The van der Waals surface area contributed by atoms with Crippen LogP contribution in [-0.4, -0.2) is 21.1 Å². The van der Waals surface area contributed by atoms with Crippen LogP contribution in [0.4, 0.5) is 0 Å². The van der Waals surface area contributed by atoms with Crippen molar-refractivity contribution in [2.24, 2.45) is 0 Å². The van der Waals surface area contributed by atoms with Gasteiger partial charge in [-0.05, 0) is 23.9 Å². The van der Waals surface area contributed by atoms with Gasteiger partial charge in [0.05, 0.1) is 0 Å². The fraction of sp³-hybridized carbons (Fsp3) is 0.111. The van der Waals surface area contributed by atoms with Gasteiger partial charge < -0.3 is 9.26 Å². The van der Waals surface area contributed by atoms with Crippen molar-refractivity contribution in [2.75, 3.05) is 0 Å². The lowest BCUT2D eigenvalue weighted by Crippen LogP contribution is -2.05. The molecular weight excluding hydrogens is 370 g/mol. The molecule has 0 spiro atoms. The van der Waals surface area contributed by atoms with E-state index >= 15 is 0 Å². The summed E-state index contributed by atoms with van der Waals surface area (Å²) < 4.78 is 10.4. The predicted octanol–water partition coefficient (Wildman–Crippen LogP) is 4.59. The summed E-state index contributed by atoms with van der Waals surface area (Å²) in [6.07, 6.45) is 0. The Bertz CT molecular complexity index is 1040. The van der Waals surface area contributed by atoms with E-state index in [0.29, 0.717) is 5.82 Å². The van der Waals surface area contributed by atoms with Crippen molar-refractivity contribution in [3.63, 3.8) is 0 Å². The molecule has 6 nitrogen and oxygen atoms in total. The van der Waals surface area contributed by atoms with Gasteiger partial charge >= 0.3 is 5.97 Å². The number of rotatable bonds is 5. The van der Waals surface area contributed by atoms with Crippen molar-refractivity contribution < 1.29 is 14.1 Å². The normalized spacial score (nSPS) is 10.8. The number of nitrogens with zero attached hydrogens (tertiary/aromatic N) is 3. The Morgan fingerprint density at radius 1 is 1.19 bits per heavy atom. The van der Waals surface area contributed by atoms with E-state index < -0.39 is 5.97 Å². The summed E-state index contributed by atoms with van der Waals surface area (Å²) in [5, 5.41) is 10.4. The maximum atomic E-state index is 12.2. The first-order chi connectivity index (χ1) is 12.7. The van der Waals surface area contributed by atoms with Gasteiger partial charge in [-0.25, -0.2) is 9.78 Å². The van der Waals surface area contributed by atoms with Crippen LogP contribution < -0.4 is 0 Å². The van der Waals surface area contributed by atoms with Crippen molar-refractivity contribution in [2.45, 2.75) is 13.5 Å². The molecule has 0 bridgehead atoms. The second-order valence-corrected chi connectivity index (χ2v) is 7.09. The van der Waals surface area contributed by atoms with Crippen LogP contribution in [0.15, 0.2) is 51.0 Å². The lowest BCUT2D eigenvalue weighted by Gasteiger charge is -1.99. The lowest BCUT2D eigenvalue weighted by atomic mass is 10.1. The molecule has 0 saturated carbocycles. The third kappa shape index (κ3) is 3.42. The van der Waals surface area contributed by atoms with E-state index in [1.165, 1.54) is 11.3 Å². The van der Waals surface area contributed by atoms with Crippen molar-refractivity contribution >= 4 is 28.6 Å². The number of thiophene rings is 1. The van der Waals surface area contributed by atoms with E-state index in [2.05, 4.69) is 15.1 Å². The number of benzene rings is 1. The predicted molar refractivity (Wildman–Crippen MR) is 99.0 cm³/mol. The summed E-state index contributed by atoms with van der Waals surface area (Å²) in [6, 6.07) is 9.70. The van der Waals surface area contributed by atoms with Crippen LogP contribution in [0.2, 0.25) is 0 Å². The smallest absolute Gasteiger partial charge is 0.358 e. The van der Waals surface area contributed by atoms with Gasteiger partial charge in [0.25, 0.3) is 5.89 Å².